The molecule has 8 heteroatoms. The van der Waals surface area contributed by atoms with Crippen molar-refractivity contribution in [1.82, 2.24) is 0 Å². The second-order valence-corrected chi connectivity index (χ2v) is 39.0. The highest BCUT2D eigenvalue weighted by atomic mass is 79.9. The Morgan fingerprint density at radius 3 is 1.04 bits per heavy atom. The zero-order valence-electron chi connectivity index (χ0n) is 64.7. The van der Waals surface area contributed by atoms with Gasteiger partial charge in [-0.3, -0.25) is 0 Å². The number of halogens is 1. The Balaban J connectivity index is 0.000000157. The maximum Gasteiger partial charge on any atom is 0.123 e. The maximum atomic E-state index is 11.4. The molecule has 9 saturated carbocycles. The summed E-state index contributed by atoms with van der Waals surface area (Å²) in [5.74, 6) is 15.0. The highest BCUT2D eigenvalue weighted by molar-refractivity contribution is 9.09. The molecule has 26 atom stereocenters. The lowest BCUT2D eigenvalue weighted by Crippen LogP contribution is -2.48. The summed E-state index contributed by atoms with van der Waals surface area (Å²) in [6, 6.07) is 0. The molecule has 1 saturated heterocycles. The van der Waals surface area contributed by atoms with Gasteiger partial charge in [-0.15, -0.1) is 0 Å². The van der Waals surface area contributed by atoms with E-state index in [2.05, 4.69) is 138 Å². The Labute approximate surface area is 598 Å². The van der Waals surface area contributed by atoms with Crippen LogP contribution in [0.25, 0.3) is 0 Å². The van der Waals surface area contributed by atoms with Crippen molar-refractivity contribution >= 4 is 22.2 Å². The lowest BCUT2D eigenvalue weighted by molar-refractivity contribution is -0.114. The molecule has 7 nitrogen and oxygen atoms in total. The van der Waals surface area contributed by atoms with Crippen molar-refractivity contribution in [2.75, 3.05) is 18.5 Å². The van der Waals surface area contributed by atoms with Crippen molar-refractivity contribution in [3.05, 3.63) is 34.9 Å². The average Bonchev–Trinajstić information content (AvgIpc) is 1.48. The molecule has 1 heterocycles. The van der Waals surface area contributed by atoms with Crippen LogP contribution in [0.5, 0.6) is 0 Å². The first-order chi connectivity index (χ1) is 45.6. The van der Waals surface area contributed by atoms with Gasteiger partial charge in [0.1, 0.15) is 6.29 Å². The van der Waals surface area contributed by atoms with Crippen LogP contribution in [0.15, 0.2) is 34.9 Å². The first-order valence-electron chi connectivity index (χ1n) is 41.7. The summed E-state index contributed by atoms with van der Waals surface area (Å²) in [5, 5.41) is 55.5. The number of hydrogen-bond donors (Lipinski definition) is 5. The second-order valence-electron chi connectivity index (χ2n) is 38.2. The van der Waals surface area contributed by atoms with Crippen molar-refractivity contribution in [2.45, 2.75) is 351 Å². The van der Waals surface area contributed by atoms with Crippen LogP contribution in [0.4, 0.5) is 0 Å². The molecule has 0 spiro atoms. The fourth-order valence-corrected chi connectivity index (χ4v) is 26.5. The van der Waals surface area contributed by atoms with Crippen LogP contribution in [-0.4, -0.2) is 79.4 Å². The topological polar surface area (TPSA) is 127 Å². The van der Waals surface area contributed by atoms with E-state index in [9.17, 15) is 30.3 Å². The standard InChI is InChI=1S/2C28H48O2.C23H36O2.C5H11Br.C4H8O/c2*1-6-28(30)16-14-21-20(17-28)8-9-23-22(21)13-15-27(5)24(10-11-25(23)27)19(4)26(29)12-7-18(2)3;1-4-23(25)12-10-17-16(13-23)5-6-19-18(17)9-11-22(3)20(15(2)14-24)7-8-21(19)22;1-5(2)3-4-6;1-2-4-5-3-1/h2*8,18-19,21-26,29-30H,6-7,9-17H2,1-5H3;5,14-15,17-21,25H,4,6-13H2,1-3H3;5H,3-4H2,1-2H3;1-4H2/t2*19-,21-,22+,23+,24+,25-,26-,27+,28-;15-,17+,18-,19-,20-,21+,22-,23+;;/m001../s1. The number of allylic oxidation sites excluding steroid dienone is 3. The van der Waals surface area contributed by atoms with Crippen molar-refractivity contribution in [3.8, 4) is 0 Å². The average molecular weight is 1400 g/mol. The van der Waals surface area contributed by atoms with Gasteiger partial charge in [0.15, 0.2) is 0 Å². The number of carbonyl (C=O) groups is 1. The van der Waals surface area contributed by atoms with Gasteiger partial charge in [-0.1, -0.05) is 155 Å². The Bertz CT molecular complexity index is 2420. The van der Waals surface area contributed by atoms with Gasteiger partial charge in [-0.2, -0.15) is 0 Å². The highest BCUT2D eigenvalue weighted by Gasteiger charge is 2.61. The molecular formula is C88H151BrO7. The molecule has 0 bridgehead atoms. The summed E-state index contributed by atoms with van der Waals surface area (Å²) in [5.41, 5.74) is 4.70. The Morgan fingerprint density at radius 2 is 0.771 bits per heavy atom. The minimum atomic E-state index is -0.434. The fourth-order valence-electron chi connectivity index (χ4n) is 25.6. The largest absolute Gasteiger partial charge is 0.393 e. The molecule has 0 aromatic rings. The van der Waals surface area contributed by atoms with Crippen LogP contribution in [-0.2, 0) is 9.53 Å². The fraction of sp³-hybridized carbons (Fsp3) is 0.920. The zero-order chi connectivity index (χ0) is 69.7. The van der Waals surface area contributed by atoms with Crippen LogP contribution in [0.2, 0.25) is 0 Å². The number of ether oxygens (including phenoxy) is 1. The zero-order valence-corrected chi connectivity index (χ0v) is 66.3. The van der Waals surface area contributed by atoms with Gasteiger partial charge in [0, 0.05) is 24.5 Å². The van der Waals surface area contributed by atoms with Gasteiger partial charge >= 0.3 is 0 Å². The number of fused-ring (bicyclic) bond motifs is 15. The molecule has 1 aliphatic heterocycles. The van der Waals surface area contributed by atoms with Crippen LogP contribution in [0.1, 0.15) is 322 Å². The van der Waals surface area contributed by atoms with Crippen molar-refractivity contribution < 1.29 is 35.1 Å². The van der Waals surface area contributed by atoms with Crippen molar-refractivity contribution in [2.24, 2.45) is 141 Å². The summed E-state index contributed by atoms with van der Waals surface area (Å²) in [6.07, 6.45) is 48.5. The third-order valence-electron chi connectivity index (χ3n) is 31.9. The van der Waals surface area contributed by atoms with Crippen molar-refractivity contribution in [3.63, 3.8) is 0 Å². The van der Waals surface area contributed by atoms with E-state index in [4.69, 9.17) is 4.74 Å². The minimum Gasteiger partial charge on any atom is -0.393 e. The number of alkyl halides is 1. The van der Waals surface area contributed by atoms with E-state index >= 15 is 0 Å². The Kier molecular flexibility index (Phi) is 28.0. The van der Waals surface area contributed by atoms with E-state index in [1.165, 1.54) is 141 Å². The van der Waals surface area contributed by atoms with Gasteiger partial charge in [-0.25, -0.2) is 0 Å². The molecule has 552 valence electrons. The van der Waals surface area contributed by atoms with E-state index in [0.717, 1.165) is 179 Å². The summed E-state index contributed by atoms with van der Waals surface area (Å²) in [6.45, 7) is 36.5. The molecule has 96 heavy (non-hydrogen) atoms. The maximum absolute atomic E-state index is 11.4. The number of carbonyl (C=O) groups excluding carboxylic acids is 1. The smallest absolute Gasteiger partial charge is 0.123 e. The van der Waals surface area contributed by atoms with E-state index < -0.39 is 16.8 Å². The van der Waals surface area contributed by atoms with Crippen LogP contribution in [0.3, 0.4) is 0 Å². The number of hydrogen-bond acceptors (Lipinski definition) is 7. The SMILES string of the molecule is C1CCOC1.CC(C)CCBr.CC[C@]1(O)CC[C@H]2C(=CC[C@@H]3[C@@H]2CC[C@]2(C)[C@@H]([C@H](C)C=O)CC[C@@H]32)C1.CC[C@]1(O)CC[C@H]2C(=CC[C@@H]3[C@@H]2CC[C@]2(C)[C@@H]([C@H](C)[C@@H](O)CCC(C)C)CC[C@@H]32)C1.CC[C@]1(O)CC[C@H]2C(=CC[C@@H]3[C@@H]2CC[C@]2(C)[C@@H]([C@H](C)[C@@H](O)CCC(C)C)CC[C@@H]32)C1. The van der Waals surface area contributed by atoms with E-state index in [0.29, 0.717) is 57.7 Å². The van der Waals surface area contributed by atoms with E-state index in [-0.39, 0.29) is 18.1 Å². The number of aldehydes is 1. The van der Waals surface area contributed by atoms with Crippen molar-refractivity contribution in [1.29, 1.82) is 0 Å². The number of aliphatic hydroxyl groups is 5. The van der Waals surface area contributed by atoms with Gasteiger partial charge in [0.05, 0.1) is 29.0 Å². The summed E-state index contributed by atoms with van der Waals surface area (Å²) in [4.78, 5) is 11.4. The molecule has 13 rings (SSSR count). The van der Waals surface area contributed by atoms with Crippen LogP contribution in [0, 0.1) is 141 Å². The summed E-state index contributed by atoms with van der Waals surface area (Å²) >= 11 is 3.35. The molecule has 12 aliphatic carbocycles. The Morgan fingerprint density at radius 1 is 0.448 bits per heavy atom. The lowest BCUT2D eigenvalue weighted by atomic mass is 9.50. The molecule has 0 radical (unpaired) electrons. The molecular weight excluding hydrogens is 1250 g/mol. The predicted octanol–water partition coefficient (Wildman–Crippen LogP) is 21.9. The monoisotopic (exact) mass is 1400 g/mol. The molecule has 13 aliphatic rings. The van der Waals surface area contributed by atoms with Gasteiger partial charge in [-0.05, 0) is 353 Å². The first kappa shape index (κ1) is 79.3. The molecule has 0 aromatic heterocycles. The van der Waals surface area contributed by atoms with E-state index in [1.54, 1.807) is 16.7 Å². The van der Waals surface area contributed by atoms with Gasteiger partial charge < -0.3 is 35.1 Å². The number of aliphatic hydroxyl groups excluding tert-OH is 2. The predicted molar refractivity (Wildman–Crippen MR) is 404 cm³/mol. The normalized spacial score (nSPS) is 43.3. The van der Waals surface area contributed by atoms with Gasteiger partial charge in [0.25, 0.3) is 0 Å². The van der Waals surface area contributed by atoms with Crippen LogP contribution < -0.4 is 0 Å². The summed E-state index contributed by atoms with van der Waals surface area (Å²) < 4.78 is 4.94. The third kappa shape index (κ3) is 17.4. The molecule has 5 N–H and O–H groups in total. The van der Waals surface area contributed by atoms with Gasteiger partial charge in [0.2, 0.25) is 0 Å². The lowest BCUT2D eigenvalue weighted by Gasteiger charge is -2.55. The van der Waals surface area contributed by atoms with E-state index in [1.807, 2.05) is 0 Å². The molecule has 0 unspecified atom stereocenters. The molecule has 0 amide bonds. The summed E-state index contributed by atoms with van der Waals surface area (Å²) in [7, 11) is 0. The van der Waals surface area contributed by atoms with Crippen LogP contribution >= 0.6 is 15.9 Å². The molecule has 10 fully saturated rings. The number of rotatable bonds is 17. The minimum absolute atomic E-state index is 0.131. The first-order valence-corrected chi connectivity index (χ1v) is 42.9. The third-order valence-corrected chi connectivity index (χ3v) is 32.4. The molecule has 0 aromatic carbocycles. The highest BCUT2D eigenvalue weighted by Crippen LogP contribution is 2.69. The second kappa shape index (κ2) is 33.9. The quantitative estimate of drug-likeness (QED) is 0.0558. The Hall–Kier alpha value is -0.870.